The molecule has 0 aliphatic rings. The molecule has 2 aromatic rings. The van der Waals surface area contributed by atoms with Gasteiger partial charge in [-0.2, -0.15) is 16.9 Å². The van der Waals surface area contributed by atoms with E-state index < -0.39 is 0 Å². The lowest BCUT2D eigenvalue weighted by atomic mass is 10.3. The highest BCUT2D eigenvalue weighted by Gasteiger charge is 2.13. The largest absolute Gasteiger partial charge is 0.328 e. The fourth-order valence-electron chi connectivity index (χ4n) is 2.20. The quantitative estimate of drug-likeness (QED) is 0.654. The molecule has 0 aliphatic heterocycles. The van der Waals surface area contributed by atoms with Gasteiger partial charge in [-0.15, -0.1) is 0 Å². The maximum atomic E-state index is 5.41. The van der Waals surface area contributed by atoms with E-state index >= 15 is 0 Å². The van der Waals surface area contributed by atoms with Gasteiger partial charge in [-0.3, -0.25) is 4.68 Å². The van der Waals surface area contributed by atoms with Gasteiger partial charge in [0.2, 0.25) is 0 Å². The van der Waals surface area contributed by atoms with Gasteiger partial charge in [0.1, 0.15) is 5.52 Å². The van der Waals surface area contributed by atoms with Crippen LogP contribution in [0.5, 0.6) is 0 Å². The number of hydrogen-bond acceptors (Lipinski definition) is 3. The summed E-state index contributed by atoms with van der Waals surface area (Å²) >= 11 is 7.39. The lowest BCUT2D eigenvalue weighted by molar-refractivity contribution is 0.654. The van der Waals surface area contributed by atoms with Crippen molar-refractivity contribution in [3.8, 4) is 0 Å². The van der Waals surface area contributed by atoms with Crippen LogP contribution in [-0.4, -0.2) is 30.8 Å². The molecule has 0 aliphatic carbocycles. The van der Waals surface area contributed by atoms with E-state index in [4.69, 9.17) is 12.2 Å². The summed E-state index contributed by atoms with van der Waals surface area (Å²) < 4.78 is 4.93. The maximum absolute atomic E-state index is 5.41. The summed E-state index contributed by atoms with van der Waals surface area (Å²) in [5.41, 5.74) is 3.33. The predicted molar refractivity (Wildman–Crippen MR) is 80.9 cm³/mol. The van der Waals surface area contributed by atoms with Crippen LogP contribution in [0.1, 0.15) is 26.0 Å². The number of rotatable bonds is 6. The summed E-state index contributed by atoms with van der Waals surface area (Å²) in [4.78, 5) is 3.30. The van der Waals surface area contributed by atoms with Gasteiger partial charge in [-0.1, -0.05) is 13.8 Å². The van der Waals surface area contributed by atoms with E-state index in [2.05, 4.69) is 28.5 Å². The zero-order valence-electron chi connectivity index (χ0n) is 11.2. The monoisotopic (exact) mass is 284 g/mol. The first-order chi connectivity index (χ1) is 8.69. The fourth-order valence-corrected chi connectivity index (χ4v) is 3.10. The third-order valence-corrected chi connectivity index (χ3v) is 4.34. The highest BCUT2D eigenvalue weighted by atomic mass is 32.2. The number of nitrogens with zero attached hydrogens (tertiary/aromatic N) is 3. The topological polar surface area (TPSA) is 38.5 Å². The van der Waals surface area contributed by atoms with Gasteiger partial charge in [0.15, 0.2) is 10.4 Å². The van der Waals surface area contributed by atoms with Gasteiger partial charge in [-0.05, 0) is 36.6 Å². The van der Waals surface area contributed by atoms with Gasteiger partial charge in [-0.25, -0.2) is 0 Å². The predicted octanol–water partition coefficient (Wildman–Crippen LogP) is 3.14. The van der Waals surface area contributed by atoms with E-state index in [9.17, 15) is 0 Å². The zero-order chi connectivity index (χ0) is 13.1. The van der Waals surface area contributed by atoms with Crippen LogP contribution in [0.25, 0.3) is 11.2 Å². The molecule has 0 spiro atoms. The number of fused-ring (bicyclic) bond motifs is 1. The van der Waals surface area contributed by atoms with E-state index in [1.54, 1.807) is 0 Å². The van der Waals surface area contributed by atoms with E-state index in [0.29, 0.717) is 0 Å². The van der Waals surface area contributed by atoms with Crippen molar-refractivity contribution in [3.63, 3.8) is 0 Å². The zero-order valence-corrected chi connectivity index (χ0v) is 12.8. The van der Waals surface area contributed by atoms with Crippen LogP contribution in [0.3, 0.4) is 0 Å². The molecule has 0 fully saturated rings. The van der Waals surface area contributed by atoms with Gasteiger partial charge in [0.25, 0.3) is 0 Å². The minimum absolute atomic E-state index is 0.814. The summed E-state index contributed by atoms with van der Waals surface area (Å²) in [6.07, 6.45) is 2.07. The standard InChI is InChI=1S/C12H20N4S2/c1-4-9-10-11(15(3)14-9)16(12(17)13-10)7-6-8-18-5-2/h4-8H2,1-3H3,(H,13,17). The number of aromatic nitrogens is 4. The minimum Gasteiger partial charge on any atom is -0.328 e. The first-order valence-electron chi connectivity index (χ1n) is 6.41. The number of imidazole rings is 1. The Morgan fingerprint density at radius 2 is 2.17 bits per heavy atom. The van der Waals surface area contributed by atoms with Crippen LogP contribution in [0, 0.1) is 4.77 Å². The third-order valence-electron chi connectivity index (χ3n) is 3.03. The molecule has 1 N–H and O–H groups in total. The Morgan fingerprint density at radius 3 is 2.83 bits per heavy atom. The molecule has 2 heterocycles. The lowest BCUT2D eigenvalue weighted by Crippen LogP contribution is -2.04. The van der Waals surface area contributed by atoms with Crippen LogP contribution < -0.4 is 0 Å². The molecule has 0 saturated heterocycles. The van der Waals surface area contributed by atoms with E-state index in [1.165, 1.54) is 11.5 Å². The van der Waals surface area contributed by atoms with Crippen LogP contribution in [0.4, 0.5) is 0 Å². The highest BCUT2D eigenvalue weighted by Crippen LogP contribution is 2.18. The van der Waals surface area contributed by atoms with Crippen molar-refractivity contribution in [2.45, 2.75) is 33.2 Å². The van der Waals surface area contributed by atoms with Crippen LogP contribution >= 0.6 is 24.0 Å². The Bertz CT molecular complexity index is 579. The lowest BCUT2D eigenvalue weighted by Gasteiger charge is -2.04. The molecule has 0 radical (unpaired) electrons. The Morgan fingerprint density at radius 1 is 1.39 bits per heavy atom. The summed E-state index contributed by atoms with van der Waals surface area (Å²) in [7, 11) is 1.99. The number of nitrogens with one attached hydrogen (secondary N) is 1. The Hall–Kier alpha value is -0.750. The fraction of sp³-hybridized carbons (Fsp3) is 0.667. The normalized spacial score (nSPS) is 11.5. The van der Waals surface area contributed by atoms with Gasteiger partial charge in [0, 0.05) is 13.6 Å². The molecule has 0 unspecified atom stereocenters. The molecule has 0 bridgehead atoms. The molecule has 0 amide bonds. The van der Waals surface area contributed by atoms with E-state index in [-0.39, 0.29) is 0 Å². The van der Waals surface area contributed by atoms with Gasteiger partial charge < -0.3 is 9.55 Å². The van der Waals surface area contributed by atoms with Gasteiger partial charge >= 0.3 is 0 Å². The third kappa shape index (κ3) is 2.49. The second-order valence-electron chi connectivity index (χ2n) is 4.25. The molecule has 4 nitrogen and oxygen atoms in total. The van der Waals surface area contributed by atoms with E-state index in [1.807, 2.05) is 23.5 Å². The first kappa shape index (κ1) is 13.7. The molecule has 0 atom stereocenters. The van der Waals surface area contributed by atoms with Crippen molar-refractivity contribution >= 4 is 35.1 Å². The van der Waals surface area contributed by atoms with Crippen LogP contribution in [0.2, 0.25) is 0 Å². The number of H-pyrrole nitrogens is 1. The van der Waals surface area contributed by atoms with Crippen LogP contribution in [-0.2, 0) is 20.0 Å². The van der Waals surface area contributed by atoms with Crippen LogP contribution in [0.15, 0.2) is 0 Å². The average molecular weight is 284 g/mol. The highest BCUT2D eigenvalue weighted by molar-refractivity contribution is 7.99. The SMILES string of the molecule is CCSCCCn1c(=S)[nH]c2c(CC)nn(C)c21. The summed E-state index contributed by atoms with van der Waals surface area (Å²) in [6.45, 7) is 5.28. The number of aromatic amines is 1. The minimum atomic E-state index is 0.814. The van der Waals surface area contributed by atoms with Crippen molar-refractivity contribution in [1.82, 2.24) is 19.3 Å². The van der Waals surface area contributed by atoms with Gasteiger partial charge in [0.05, 0.1) is 5.69 Å². The second-order valence-corrected chi connectivity index (χ2v) is 6.04. The summed E-state index contributed by atoms with van der Waals surface area (Å²) in [5, 5.41) is 4.53. The average Bonchev–Trinajstić information content (AvgIpc) is 2.83. The van der Waals surface area contributed by atoms with Crippen molar-refractivity contribution in [2.24, 2.45) is 7.05 Å². The summed E-state index contributed by atoms with van der Waals surface area (Å²) in [5.74, 6) is 2.36. The molecule has 100 valence electrons. The molecular formula is C12H20N4S2. The van der Waals surface area contributed by atoms with Crippen molar-refractivity contribution in [1.29, 1.82) is 0 Å². The molecular weight excluding hydrogens is 264 g/mol. The molecule has 2 aromatic heterocycles. The Labute approximate surface area is 117 Å². The van der Waals surface area contributed by atoms with Crippen molar-refractivity contribution in [2.75, 3.05) is 11.5 Å². The van der Waals surface area contributed by atoms with Crippen molar-refractivity contribution < 1.29 is 0 Å². The molecule has 18 heavy (non-hydrogen) atoms. The Balaban J connectivity index is 2.29. The van der Waals surface area contributed by atoms with Crippen molar-refractivity contribution in [3.05, 3.63) is 10.5 Å². The molecule has 6 heteroatoms. The molecule has 0 saturated carbocycles. The molecule has 2 rings (SSSR count). The second kappa shape index (κ2) is 5.93. The maximum Gasteiger partial charge on any atom is 0.179 e. The number of hydrogen-bond donors (Lipinski definition) is 1. The smallest absolute Gasteiger partial charge is 0.179 e. The molecule has 0 aromatic carbocycles. The Kier molecular flexibility index (Phi) is 4.50. The number of thioether (sulfide) groups is 1. The summed E-state index contributed by atoms with van der Waals surface area (Å²) in [6, 6.07) is 0. The first-order valence-corrected chi connectivity index (χ1v) is 7.97. The van der Waals surface area contributed by atoms with E-state index in [0.717, 1.165) is 41.0 Å². The number of aryl methyl sites for hydroxylation is 3.